The molecule has 2 heterocycles. The summed E-state index contributed by atoms with van der Waals surface area (Å²) in [4.78, 5) is 21.0. The number of aromatic nitrogens is 4. The zero-order valence-electron chi connectivity index (χ0n) is 18.4. The van der Waals surface area contributed by atoms with E-state index < -0.39 is 5.97 Å². The SMILES string of the molecule is COC(=O)c1cccc(-c2nc(-c3cccc(OCc4ccccc4)c3)c3c(N)ncnn23)c1. The Balaban J connectivity index is 1.57. The molecule has 2 N–H and O–H groups in total. The molecule has 34 heavy (non-hydrogen) atoms. The minimum Gasteiger partial charge on any atom is -0.489 e. The number of carbonyl (C=O) groups excluding carboxylic acids is 1. The number of nitrogens with zero attached hydrogens (tertiary/aromatic N) is 4. The third-order valence-corrected chi connectivity index (χ3v) is 5.36. The number of carbonyl (C=O) groups is 1. The van der Waals surface area contributed by atoms with E-state index in [9.17, 15) is 4.79 Å². The summed E-state index contributed by atoms with van der Waals surface area (Å²) in [6, 6.07) is 24.6. The van der Waals surface area contributed by atoms with E-state index in [-0.39, 0.29) is 0 Å². The van der Waals surface area contributed by atoms with E-state index >= 15 is 0 Å². The summed E-state index contributed by atoms with van der Waals surface area (Å²) in [6.07, 6.45) is 1.38. The summed E-state index contributed by atoms with van der Waals surface area (Å²) < 4.78 is 12.5. The van der Waals surface area contributed by atoms with Gasteiger partial charge >= 0.3 is 5.97 Å². The number of nitrogens with two attached hydrogens (primary N) is 1. The highest BCUT2D eigenvalue weighted by Crippen LogP contribution is 2.33. The van der Waals surface area contributed by atoms with Crippen molar-refractivity contribution in [1.29, 1.82) is 0 Å². The predicted molar refractivity (Wildman–Crippen MR) is 128 cm³/mol. The quantitative estimate of drug-likeness (QED) is 0.381. The van der Waals surface area contributed by atoms with Crippen LogP contribution in [-0.4, -0.2) is 32.7 Å². The Morgan fingerprint density at radius 1 is 0.971 bits per heavy atom. The molecule has 5 rings (SSSR count). The molecule has 0 unspecified atom stereocenters. The van der Waals surface area contributed by atoms with E-state index in [1.807, 2.05) is 60.7 Å². The summed E-state index contributed by atoms with van der Waals surface area (Å²) >= 11 is 0. The summed E-state index contributed by atoms with van der Waals surface area (Å²) in [5.74, 6) is 1.09. The lowest BCUT2D eigenvalue weighted by Crippen LogP contribution is -2.03. The number of imidazole rings is 1. The van der Waals surface area contributed by atoms with Gasteiger partial charge in [0.1, 0.15) is 29.9 Å². The first-order valence-electron chi connectivity index (χ1n) is 10.6. The van der Waals surface area contributed by atoms with Crippen LogP contribution in [-0.2, 0) is 11.3 Å². The van der Waals surface area contributed by atoms with Gasteiger partial charge in [0.05, 0.1) is 12.7 Å². The lowest BCUT2D eigenvalue weighted by atomic mass is 10.1. The molecule has 0 spiro atoms. The molecule has 0 saturated carbocycles. The Bertz CT molecular complexity index is 1480. The number of ether oxygens (including phenoxy) is 2. The van der Waals surface area contributed by atoms with E-state index in [4.69, 9.17) is 20.2 Å². The van der Waals surface area contributed by atoms with Gasteiger partial charge in [0.15, 0.2) is 11.6 Å². The van der Waals surface area contributed by atoms with Crippen LogP contribution in [0.1, 0.15) is 15.9 Å². The maximum atomic E-state index is 12.0. The van der Waals surface area contributed by atoms with Gasteiger partial charge < -0.3 is 15.2 Å². The van der Waals surface area contributed by atoms with Crippen molar-refractivity contribution < 1.29 is 14.3 Å². The van der Waals surface area contributed by atoms with Gasteiger partial charge in [-0.1, -0.05) is 54.6 Å². The van der Waals surface area contributed by atoms with Crippen molar-refractivity contribution in [3.8, 4) is 28.4 Å². The summed E-state index contributed by atoms with van der Waals surface area (Å²) in [7, 11) is 1.35. The van der Waals surface area contributed by atoms with Crippen molar-refractivity contribution >= 4 is 17.3 Å². The third-order valence-electron chi connectivity index (χ3n) is 5.36. The molecule has 3 aromatic carbocycles. The highest BCUT2D eigenvalue weighted by molar-refractivity contribution is 5.92. The molecule has 0 aliphatic heterocycles. The van der Waals surface area contributed by atoms with Crippen molar-refractivity contribution in [3.05, 3.63) is 96.3 Å². The number of esters is 1. The molecular formula is C26H21N5O3. The number of fused-ring (bicyclic) bond motifs is 1. The smallest absolute Gasteiger partial charge is 0.337 e. The Hall–Kier alpha value is -4.72. The van der Waals surface area contributed by atoms with Crippen LogP contribution in [0.15, 0.2) is 85.2 Å². The molecule has 0 atom stereocenters. The van der Waals surface area contributed by atoms with Crippen molar-refractivity contribution in [2.75, 3.05) is 12.8 Å². The Morgan fingerprint density at radius 2 is 1.76 bits per heavy atom. The molecule has 0 fully saturated rings. The highest BCUT2D eigenvalue weighted by atomic mass is 16.5. The van der Waals surface area contributed by atoms with Crippen LogP contribution in [0.3, 0.4) is 0 Å². The number of benzene rings is 3. The van der Waals surface area contributed by atoms with Gasteiger partial charge in [-0.15, -0.1) is 0 Å². The molecule has 0 amide bonds. The van der Waals surface area contributed by atoms with Crippen molar-refractivity contribution in [2.45, 2.75) is 6.61 Å². The fourth-order valence-electron chi connectivity index (χ4n) is 3.72. The Labute approximate surface area is 195 Å². The number of hydrogen-bond donors (Lipinski definition) is 1. The largest absolute Gasteiger partial charge is 0.489 e. The number of nitrogen functional groups attached to an aromatic ring is 1. The highest BCUT2D eigenvalue weighted by Gasteiger charge is 2.19. The van der Waals surface area contributed by atoms with Gasteiger partial charge in [0, 0.05) is 11.1 Å². The monoisotopic (exact) mass is 451 g/mol. The zero-order chi connectivity index (χ0) is 23.5. The van der Waals surface area contributed by atoms with Gasteiger partial charge in [-0.25, -0.2) is 19.3 Å². The Kier molecular flexibility index (Phi) is 5.61. The molecule has 0 saturated heterocycles. The zero-order valence-corrected chi connectivity index (χ0v) is 18.4. The second-order valence-electron chi connectivity index (χ2n) is 7.56. The molecule has 0 bridgehead atoms. The van der Waals surface area contributed by atoms with E-state index in [0.29, 0.717) is 46.3 Å². The predicted octanol–water partition coefficient (Wildman–Crippen LogP) is 4.41. The first-order chi connectivity index (χ1) is 16.6. The molecular weight excluding hydrogens is 430 g/mol. The molecule has 0 radical (unpaired) electrons. The molecule has 168 valence electrons. The van der Waals surface area contributed by atoms with Crippen LogP contribution in [0.2, 0.25) is 0 Å². The van der Waals surface area contributed by atoms with Gasteiger partial charge in [-0.05, 0) is 29.8 Å². The van der Waals surface area contributed by atoms with E-state index in [1.165, 1.54) is 13.4 Å². The summed E-state index contributed by atoms with van der Waals surface area (Å²) in [6.45, 7) is 0.449. The van der Waals surface area contributed by atoms with Crippen LogP contribution < -0.4 is 10.5 Å². The first-order valence-corrected chi connectivity index (χ1v) is 10.6. The van der Waals surface area contributed by atoms with Crippen molar-refractivity contribution in [3.63, 3.8) is 0 Å². The molecule has 0 aliphatic carbocycles. The average Bonchev–Trinajstić information content (AvgIpc) is 3.29. The van der Waals surface area contributed by atoms with Crippen LogP contribution in [0.5, 0.6) is 5.75 Å². The van der Waals surface area contributed by atoms with Crippen molar-refractivity contribution in [2.24, 2.45) is 0 Å². The number of rotatable bonds is 6. The van der Waals surface area contributed by atoms with Gasteiger partial charge in [-0.2, -0.15) is 5.10 Å². The van der Waals surface area contributed by atoms with Gasteiger partial charge in [0.25, 0.3) is 0 Å². The van der Waals surface area contributed by atoms with Gasteiger partial charge in [-0.3, -0.25) is 0 Å². The van der Waals surface area contributed by atoms with Crippen LogP contribution >= 0.6 is 0 Å². The third kappa shape index (κ3) is 4.04. The second kappa shape index (κ2) is 9.03. The normalized spacial score (nSPS) is 10.9. The van der Waals surface area contributed by atoms with E-state index in [2.05, 4.69) is 10.1 Å². The fourth-order valence-corrected chi connectivity index (χ4v) is 3.72. The fraction of sp³-hybridized carbons (Fsp3) is 0.0769. The van der Waals surface area contributed by atoms with Crippen LogP contribution in [0.4, 0.5) is 5.82 Å². The average molecular weight is 451 g/mol. The molecule has 8 nitrogen and oxygen atoms in total. The molecule has 0 aliphatic rings. The maximum absolute atomic E-state index is 12.0. The van der Waals surface area contributed by atoms with E-state index in [0.717, 1.165) is 11.1 Å². The topological polar surface area (TPSA) is 105 Å². The lowest BCUT2D eigenvalue weighted by molar-refractivity contribution is 0.0601. The van der Waals surface area contributed by atoms with Crippen molar-refractivity contribution in [1.82, 2.24) is 19.6 Å². The maximum Gasteiger partial charge on any atom is 0.337 e. The summed E-state index contributed by atoms with van der Waals surface area (Å²) in [5.41, 5.74) is 10.4. The standard InChI is InChI=1S/C26H21N5O3/c1-33-26(32)20-11-5-10-19(13-20)25-30-22(23-24(27)28-16-29-31(23)25)18-9-6-12-21(14-18)34-15-17-7-3-2-4-8-17/h2-14,16H,15H2,1H3,(H2,27,28,29). The number of methoxy groups -OCH3 is 1. The molecule has 2 aromatic heterocycles. The molecule has 8 heteroatoms. The number of hydrogen-bond acceptors (Lipinski definition) is 7. The minimum atomic E-state index is -0.430. The second-order valence-corrected chi connectivity index (χ2v) is 7.56. The molecule has 5 aromatic rings. The van der Waals surface area contributed by atoms with E-state index in [1.54, 1.807) is 22.7 Å². The van der Waals surface area contributed by atoms with Gasteiger partial charge in [0.2, 0.25) is 0 Å². The lowest BCUT2D eigenvalue weighted by Gasteiger charge is -2.08. The first kappa shape index (κ1) is 21.1. The van der Waals surface area contributed by atoms with Crippen LogP contribution in [0, 0.1) is 0 Å². The summed E-state index contributed by atoms with van der Waals surface area (Å²) in [5, 5.41) is 4.37. The number of anilines is 1. The van der Waals surface area contributed by atoms with Crippen LogP contribution in [0.25, 0.3) is 28.2 Å². The minimum absolute atomic E-state index is 0.295. The Morgan fingerprint density at radius 3 is 2.59 bits per heavy atom.